The Hall–Kier alpha value is -5.74. The summed E-state index contributed by atoms with van der Waals surface area (Å²) in [5.41, 5.74) is 6.15. The molecule has 0 bridgehead atoms. The van der Waals surface area contributed by atoms with E-state index in [1.165, 1.54) is 6.42 Å². The van der Waals surface area contributed by atoms with E-state index in [2.05, 4.69) is 25.3 Å². The van der Waals surface area contributed by atoms with Gasteiger partial charge in [-0.05, 0) is 99.1 Å². The van der Waals surface area contributed by atoms with Gasteiger partial charge in [-0.15, -0.1) is 0 Å². The number of hydrogen-bond acceptors (Lipinski definition) is 11. The summed E-state index contributed by atoms with van der Waals surface area (Å²) in [6.07, 6.45) is 6.13. The van der Waals surface area contributed by atoms with Crippen LogP contribution in [0.3, 0.4) is 0 Å². The minimum absolute atomic E-state index is 0.0947. The zero-order valence-corrected chi connectivity index (χ0v) is 35.4. The Bertz CT molecular complexity index is 2350. The number of aryl methyl sites for hydroxylation is 1. The molecule has 2 aromatic carbocycles. The molecule has 1 atom stereocenters. The van der Waals surface area contributed by atoms with Crippen LogP contribution in [0.15, 0.2) is 41.3 Å². The number of benzene rings is 2. The van der Waals surface area contributed by atoms with Crippen LogP contribution in [0.25, 0.3) is 11.1 Å². The molecule has 2 N–H and O–H groups in total. The average Bonchev–Trinajstić information content (AvgIpc) is 3.48. The van der Waals surface area contributed by atoms with Crippen LogP contribution in [0, 0.1) is 11.3 Å². The Kier molecular flexibility index (Phi) is 10.6. The number of imide groups is 2. The van der Waals surface area contributed by atoms with E-state index in [0.717, 1.165) is 103 Å². The highest BCUT2D eigenvalue weighted by Crippen LogP contribution is 2.44. The summed E-state index contributed by atoms with van der Waals surface area (Å²) in [5, 5.41) is 4.92. The smallest absolute Gasteiger partial charge is 0.317 e. The Balaban J connectivity index is 0.758. The molecule has 1 aromatic heterocycles. The van der Waals surface area contributed by atoms with Crippen LogP contribution >= 0.6 is 0 Å². The number of hydrogen-bond donors (Lipinski definition) is 2. The molecular formula is C45H54N8O8. The maximum Gasteiger partial charge on any atom is 0.317 e. The fourth-order valence-corrected chi connectivity index (χ4v) is 10.6. The second-order valence-electron chi connectivity index (χ2n) is 17.8. The molecule has 61 heavy (non-hydrogen) atoms. The maximum atomic E-state index is 13.3. The molecule has 0 aliphatic carbocycles. The molecular weight excluding hydrogens is 781 g/mol. The molecule has 9 rings (SSSR count). The summed E-state index contributed by atoms with van der Waals surface area (Å²) < 4.78 is 13.6. The van der Waals surface area contributed by atoms with Gasteiger partial charge in [0.1, 0.15) is 17.5 Å². The van der Waals surface area contributed by atoms with Crippen molar-refractivity contribution < 1.29 is 33.4 Å². The van der Waals surface area contributed by atoms with E-state index in [1.54, 1.807) is 49.9 Å². The van der Waals surface area contributed by atoms with Gasteiger partial charge in [0.25, 0.3) is 17.4 Å². The number of carbonyl (C=O) groups excluding carboxylic acids is 5. The predicted octanol–water partition coefficient (Wildman–Crippen LogP) is 2.59. The Morgan fingerprint density at radius 2 is 1.54 bits per heavy atom. The number of carbonyl (C=O) groups is 5. The van der Waals surface area contributed by atoms with E-state index in [1.807, 2.05) is 24.4 Å². The molecule has 6 aliphatic rings. The Labute approximate surface area is 354 Å². The van der Waals surface area contributed by atoms with Crippen molar-refractivity contribution in [2.75, 3.05) is 78.5 Å². The third-order valence-electron chi connectivity index (χ3n) is 13.9. The first-order valence-corrected chi connectivity index (χ1v) is 21.4. The number of likely N-dealkylation sites (tertiary alicyclic amines) is 2. The molecule has 0 saturated carbocycles. The summed E-state index contributed by atoms with van der Waals surface area (Å²) in [6, 6.07) is 8.30. The minimum Gasteiger partial charge on any atom is -0.496 e. The molecule has 0 radical (unpaired) electrons. The van der Waals surface area contributed by atoms with Gasteiger partial charge >= 0.3 is 6.03 Å². The number of methoxy groups -OCH3 is 2. The topological polar surface area (TPSA) is 166 Å². The highest BCUT2D eigenvalue weighted by atomic mass is 16.5. The van der Waals surface area contributed by atoms with Crippen molar-refractivity contribution in [1.82, 2.24) is 34.8 Å². The lowest BCUT2D eigenvalue weighted by molar-refractivity contribution is -0.136. The third-order valence-corrected chi connectivity index (χ3v) is 13.9. The van der Waals surface area contributed by atoms with E-state index in [9.17, 15) is 28.8 Å². The van der Waals surface area contributed by atoms with Gasteiger partial charge in [0.15, 0.2) is 0 Å². The summed E-state index contributed by atoms with van der Waals surface area (Å²) >= 11 is 0. The number of piperidine rings is 2. The third kappa shape index (κ3) is 7.32. The first-order valence-electron chi connectivity index (χ1n) is 21.4. The summed E-state index contributed by atoms with van der Waals surface area (Å²) in [4.78, 5) is 86.1. The predicted molar refractivity (Wildman–Crippen MR) is 226 cm³/mol. The van der Waals surface area contributed by atoms with Crippen molar-refractivity contribution in [2.45, 2.75) is 57.7 Å². The van der Waals surface area contributed by atoms with Crippen LogP contribution in [0.1, 0.15) is 69.5 Å². The molecule has 6 amide bonds. The molecule has 1 unspecified atom stereocenters. The van der Waals surface area contributed by atoms with E-state index < -0.39 is 23.8 Å². The summed E-state index contributed by atoms with van der Waals surface area (Å²) in [6.45, 7) is 8.49. The normalized spacial score (nSPS) is 21.5. The van der Waals surface area contributed by atoms with Gasteiger partial charge in [0.2, 0.25) is 11.8 Å². The van der Waals surface area contributed by atoms with Gasteiger partial charge in [-0.25, -0.2) is 4.79 Å². The molecule has 322 valence electrons. The quantitative estimate of drug-likeness (QED) is 0.289. The van der Waals surface area contributed by atoms with Gasteiger partial charge in [-0.1, -0.05) is 0 Å². The standard InChI is InChI=1S/C45H54N8O8/c1-46-44(59)51-16-12-30-33(20-48(2)41(56)34(30)22-51)28-17-37(60-3)35(38(18-28)61-4)21-49-13-9-27(10-14-49)11-15-50-23-45(24-50)25-52(26-45)29-5-6-31-32(19-29)43(58)53(42(31)57)36-7-8-39(54)47-40(36)55/h5-6,17-20,27,36H,7-16,21-26H2,1-4H3,(H,46,59)(H,47,54,55). The molecule has 4 saturated heterocycles. The van der Waals surface area contributed by atoms with E-state index >= 15 is 0 Å². The van der Waals surface area contributed by atoms with Crippen LogP contribution in [0.5, 0.6) is 11.5 Å². The molecule has 3 aromatic rings. The highest BCUT2D eigenvalue weighted by molar-refractivity contribution is 6.23. The van der Waals surface area contributed by atoms with Crippen molar-refractivity contribution in [3.63, 3.8) is 0 Å². The van der Waals surface area contributed by atoms with Crippen molar-refractivity contribution in [2.24, 2.45) is 18.4 Å². The van der Waals surface area contributed by atoms with Gasteiger partial charge in [-0.2, -0.15) is 0 Å². The lowest BCUT2D eigenvalue weighted by Gasteiger charge is -2.61. The molecule has 6 aliphatic heterocycles. The number of nitrogens with zero attached hydrogens (tertiary/aromatic N) is 6. The number of nitrogens with one attached hydrogen (secondary N) is 2. The lowest BCUT2D eigenvalue weighted by atomic mass is 9.72. The van der Waals surface area contributed by atoms with Gasteiger partial charge < -0.3 is 34.1 Å². The monoisotopic (exact) mass is 834 g/mol. The van der Waals surface area contributed by atoms with Crippen molar-refractivity contribution in [3.8, 4) is 22.6 Å². The van der Waals surface area contributed by atoms with Crippen LogP contribution in [0.2, 0.25) is 0 Å². The average molecular weight is 835 g/mol. The number of rotatable bonds is 10. The number of ether oxygens (including phenoxy) is 2. The van der Waals surface area contributed by atoms with Crippen LogP contribution in [-0.4, -0.2) is 133 Å². The molecule has 7 heterocycles. The zero-order valence-electron chi connectivity index (χ0n) is 35.4. The number of amides is 6. The van der Waals surface area contributed by atoms with E-state index in [-0.39, 0.29) is 42.3 Å². The van der Waals surface area contributed by atoms with Gasteiger partial charge in [0, 0.05) is 88.2 Å². The molecule has 16 heteroatoms. The second-order valence-corrected chi connectivity index (χ2v) is 17.8. The van der Waals surface area contributed by atoms with Gasteiger partial charge in [-0.3, -0.25) is 39.1 Å². The maximum absolute atomic E-state index is 13.3. The van der Waals surface area contributed by atoms with Crippen LogP contribution in [-0.2, 0) is 36.1 Å². The number of anilines is 1. The summed E-state index contributed by atoms with van der Waals surface area (Å²) in [5.74, 6) is 0.218. The van der Waals surface area contributed by atoms with Crippen molar-refractivity contribution in [3.05, 3.63) is 74.7 Å². The molecule has 1 spiro atoms. The largest absolute Gasteiger partial charge is 0.496 e. The highest BCUT2D eigenvalue weighted by Gasteiger charge is 2.52. The number of aromatic nitrogens is 1. The molecule has 4 fully saturated rings. The Morgan fingerprint density at radius 1 is 0.836 bits per heavy atom. The zero-order chi connectivity index (χ0) is 42.7. The van der Waals surface area contributed by atoms with Crippen LogP contribution < -0.4 is 30.6 Å². The van der Waals surface area contributed by atoms with Crippen LogP contribution in [0.4, 0.5) is 10.5 Å². The lowest BCUT2D eigenvalue weighted by Crippen LogP contribution is -2.72. The minimum atomic E-state index is -0.966. The summed E-state index contributed by atoms with van der Waals surface area (Å²) in [7, 11) is 6.72. The first-order chi connectivity index (χ1) is 29.4. The van der Waals surface area contributed by atoms with Crippen molar-refractivity contribution in [1.29, 1.82) is 0 Å². The second kappa shape index (κ2) is 15.9. The van der Waals surface area contributed by atoms with E-state index in [0.29, 0.717) is 42.1 Å². The fourth-order valence-electron chi connectivity index (χ4n) is 10.6. The number of fused-ring (bicyclic) bond motifs is 2. The number of urea groups is 1. The van der Waals surface area contributed by atoms with Crippen molar-refractivity contribution >= 4 is 35.3 Å². The van der Waals surface area contributed by atoms with Gasteiger partial charge in [0.05, 0.1) is 37.5 Å². The fraction of sp³-hybridized carbons (Fsp3) is 0.511. The molecule has 16 nitrogen and oxygen atoms in total. The Morgan fingerprint density at radius 3 is 2.21 bits per heavy atom. The van der Waals surface area contributed by atoms with E-state index in [4.69, 9.17) is 9.47 Å². The number of pyridine rings is 1. The SMILES string of the molecule is CNC(=O)N1CCc2c(-c3cc(OC)c(CN4CCC(CCN5CC6(C5)CN(c5ccc7c(c5)C(=O)N(C5CCC(=O)NC5=O)C7=O)C6)CC4)c(OC)c3)cn(C)c(=O)c2C1. The first kappa shape index (κ1) is 40.7.